The zero-order valence-electron chi connectivity index (χ0n) is 19.4. The lowest BCUT2D eigenvalue weighted by atomic mass is 10.0. The van der Waals surface area contributed by atoms with Crippen LogP contribution < -0.4 is 0 Å². The van der Waals surface area contributed by atoms with E-state index in [4.69, 9.17) is 14.2 Å². The van der Waals surface area contributed by atoms with Crippen LogP contribution in [0.5, 0.6) is 0 Å². The van der Waals surface area contributed by atoms with Crippen LogP contribution in [0.15, 0.2) is 12.2 Å². The molecule has 0 saturated heterocycles. The first kappa shape index (κ1) is 29.0. The quantitative estimate of drug-likeness (QED) is 0.137. The monoisotopic (exact) mass is 450 g/mol. The third-order valence-corrected chi connectivity index (χ3v) is 6.28. The summed E-state index contributed by atoms with van der Waals surface area (Å²) in [5, 5.41) is 0. The molecule has 0 rings (SSSR count). The standard InChI is InChI=1S/C22H42O7S/c1-7-8-9-10-11-12-13-14-20(17-28-21(23)18(2)3)16-27-19(4)15-29-22(5,6)30(24,25)26/h19-20H,2,7-17H2,1,3-6H3,(H,24,25,26). The maximum absolute atomic E-state index is 11.7. The van der Waals surface area contributed by atoms with E-state index < -0.39 is 21.0 Å². The summed E-state index contributed by atoms with van der Waals surface area (Å²) in [5.41, 5.74) is 0.361. The molecule has 0 aromatic rings. The largest absolute Gasteiger partial charge is 0.462 e. The molecule has 0 bridgehead atoms. The molecule has 0 amide bonds. The third-order valence-electron chi connectivity index (χ3n) is 4.92. The Kier molecular flexibility index (Phi) is 14.5. The molecule has 0 spiro atoms. The lowest BCUT2D eigenvalue weighted by Gasteiger charge is -2.25. The van der Waals surface area contributed by atoms with Crippen LogP contribution >= 0.6 is 0 Å². The number of unbranched alkanes of at least 4 members (excludes halogenated alkanes) is 6. The van der Waals surface area contributed by atoms with Crippen LogP contribution in [0.2, 0.25) is 0 Å². The molecule has 0 heterocycles. The second-order valence-corrected chi connectivity index (χ2v) is 10.4. The Morgan fingerprint density at radius 2 is 1.60 bits per heavy atom. The number of rotatable bonds is 18. The highest BCUT2D eigenvalue weighted by molar-refractivity contribution is 7.87. The Bertz CT molecular complexity index is 599. The van der Waals surface area contributed by atoms with Gasteiger partial charge in [0.1, 0.15) is 0 Å². The van der Waals surface area contributed by atoms with E-state index in [1.54, 1.807) is 13.8 Å². The Morgan fingerprint density at radius 1 is 1.03 bits per heavy atom. The van der Waals surface area contributed by atoms with Gasteiger partial charge in [0.2, 0.25) is 0 Å². The molecule has 30 heavy (non-hydrogen) atoms. The van der Waals surface area contributed by atoms with Gasteiger partial charge in [-0.2, -0.15) is 8.42 Å². The van der Waals surface area contributed by atoms with Crippen molar-refractivity contribution < 1.29 is 32.0 Å². The molecule has 178 valence electrons. The van der Waals surface area contributed by atoms with Crippen LogP contribution in [0, 0.1) is 5.92 Å². The zero-order chi connectivity index (χ0) is 23.2. The summed E-state index contributed by atoms with van der Waals surface area (Å²) >= 11 is 0. The maximum Gasteiger partial charge on any atom is 0.333 e. The number of hydrogen-bond acceptors (Lipinski definition) is 6. The lowest BCUT2D eigenvalue weighted by molar-refractivity contribution is -0.141. The smallest absolute Gasteiger partial charge is 0.333 e. The Balaban J connectivity index is 4.46. The van der Waals surface area contributed by atoms with Gasteiger partial charge in [0.25, 0.3) is 10.1 Å². The summed E-state index contributed by atoms with van der Waals surface area (Å²) in [4.78, 5) is 10.0. The van der Waals surface area contributed by atoms with Crippen LogP contribution in [0.3, 0.4) is 0 Å². The molecule has 0 aliphatic heterocycles. The average Bonchev–Trinajstić information content (AvgIpc) is 2.65. The zero-order valence-corrected chi connectivity index (χ0v) is 20.3. The molecule has 0 aliphatic carbocycles. The fraction of sp³-hybridized carbons (Fsp3) is 0.864. The van der Waals surface area contributed by atoms with E-state index in [-0.39, 0.29) is 25.2 Å². The van der Waals surface area contributed by atoms with Crippen molar-refractivity contribution in [1.82, 2.24) is 0 Å². The highest BCUT2D eigenvalue weighted by atomic mass is 32.2. The summed E-state index contributed by atoms with van der Waals surface area (Å²) in [5.74, 6) is -0.369. The lowest BCUT2D eigenvalue weighted by Crippen LogP contribution is -2.37. The van der Waals surface area contributed by atoms with Gasteiger partial charge in [-0.15, -0.1) is 0 Å². The predicted octanol–water partition coefficient (Wildman–Crippen LogP) is 4.91. The summed E-state index contributed by atoms with van der Waals surface area (Å²) in [6, 6.07) is 0. The molecular formula is C22H42O7S. The second kappa shape index (κ2) is 14.9. The van der Waals surface area contributed by atoms with Crippen molar-refractivity contribution in [3.8, 4) is 0 Å². The van der Waals surface area contributed by atoms with E-state index in [0.717, 1.165) is 19.3 Å². The molecule has 0 aromatic heterocycles. The van der Waals surface area contributed by atoms with Crippen molar-refractivity contribution in [2.45, 2.75) is 97.0 Å². The van der Waals surface area contributed by atoms with Gasteiger partial charge in [0.15, 0.2) is 4.93 Å². The second-order valence-electron chi connectivity index (χ2n) is 8.48. The molecule has 0 fully saturated rings. The van der Waals surface area contributed by atoms with Gasteiger partial charge < -0.3 is 14.2 Å². The average molecular weight is 451 g/mol. The maximum atomic E-state index is 11.7. The van der Waals surface area contributed by atoms with E-state index in [1.165, 1.54) is 46.0 Å². The van der Waals surface area contributed by atoms with Crippen molar-refractivity contribution in [2.75, 3.05) is 19.8 Å². The van der Waals surface area contributed by atoms with E-state index in [9.17, 15) is 17.8 Å². The topological polar surface area (TPSA) is 99.1 Å². The minimum Gasteiger partial charge on any atom is -0.462 e. The van der Waals surface area contributed by atoms with E-state index in [2.05, 4.69) is 13.5 Å². The SMILES string of the molecule is C=C(C)C(=O)OCC(CCCCCCCCC)COC(C)COC(C)(C)S(=O)(=O)O. The number of ether oxygens (including phenoxy) is 3. The number of carbonyl (C=O) groups is 1. The fourth-order valence-electron chi connectivity index (χ4n) is 2.66. The molecule has 2 unspecified atom stereocenters. The van der Waals surface area contributed by atoms with Gasteiger partial charge in [0.05, 0.1) is 25.9 Å². The molecular weight excluding hydrogens is 408 g/mol. The molecule has 0 aromatic carbocycles. The molecule has 1 N–H and O–H groups in total. The molecule has 2 atom stereocenters. The van der Waals surface area contributed by atoms with Crippen molar-refractivity contribution in [1.29, 1.82) is 0 Å². The summed E-state index contributed by atoms with van der Waals surface area (Å²) in [7, 11) is -4.32. The number of hydrogen-bond donors (Lipinski definition) is 1. The highest BCUT2D eigenvalue weighted by Crippen LogP contribution is 2.18. The minimum absolute atomic E-state index is 0.0164. The molecule has 0 saturated carbocycles. The summed E-state index contributed by atoms with van der Waals surface area (Å²) < 4.78 is 48.2. The van der Waals surface area contributed by atoms with Crippen LogP contribution in [0.1, 0.15) is 86.0 Å². The minimum atomic E-state index is -4.32. The molecule has 7 nitrogen and oxygen atoms in total. The first-order chi connectivity index (χ1) is 13.9. The first-order valence-corrected chi connectivity index (χ1v) is 12.4. The van der Waals surface area contributed by atoms with Gasteiger partial charge in [-0.1, -0.05) is 58.4 Å². The fourth-order valence-corrected chi connectivity index (χ4v) is 2.88. The van der Waals surface area contributed by atoms with Gasteiger partial charge >= 0.3 is 5.97 Å². The van der Waals surface area contributed by atoms with Crippen LogP contribution in [0.25, 0.3) is 0 Å². The Labute approximate surface area is 183 Å². The predicted molar refractivity (Wildman–Crippen MR) is 119 cm³/mol. The van der Waals surface area contributed by atoms with Crippen LogP contribution in [-0.2, 0) is 29.1 Å². The summed E-state index contributed by atoms with van der Waals surface area (Å²) in [6.45, 7) is 12.4. The van der Waals surface area contributed by atoms with Crippen molar-refractivity contribution >= 4 is 16.1 Å². The molecule has 0 aliphatic rings. The van der Waals surface area contributed by atoms with E-state index in [0.29, 0.717) is 12.2 Å². The van der Waals surface area contributed by atoms with Gasteiger partial charge in [-0.3, -0.25) is 4.55 Å². The van der Waals surface area contributed by atoms with Crippen molar-refractivity contribution in [3.63, 3.8) is 0 Å². The van der Waals surface area contributed by atoms with Crippen molar-refractivity contribution in [2.24, 2.45) is 5.92 Å². The van der Waals surface area contributed by atoms with Crippen LogP contribution in [0.4, 0.5) is 0 Å². The van der Waals surface area contributed by atoms with Crippen LogP contribution in [-0.4, -0.2) is 49.8 Å². The Hall–Kier alpha value is -0.960. The number of esters is 1. The summed E-state index contributed by atoms with van der Waals surface area (Å²) in [6.07, 6.45) is 8.91. The molecule has 8 heteroatoms. The van der Waals surface area contributed by atoms with Crippen molar-refractivity contribution in [3.05, 3.63) is 12.2 Å². The number of carbonyl (C=O) groups excluding carboxylic acids is 1. The molecule has 0 radical (unpaired) electrons. The van der Waals surface area contributed by atoms with Gasteiger partial charge in [0, 0.05) is 11.5 Å². The normalized spacial score (nSPS) is 14.3. The van der Waals surface area contributed by atoms with E-state index in [1.807, 2.05) is 0 Å². The Morgan fingerprint density at radius 3 is 2.13 bits per heavy atom. The first-order valence-electron chi connectivity index (χ1n) is 11.0. The third kappa shape index (κ3) is 13.4. The van der Waals surface area contributed by atoms with Gasteiger partial charge in [-0.25, -0.2) is 4.79 Å². The van der Waals surface area contributed by atoms with E-state index >= 15 is 0 Å². The highest BCUT2D eigenvalue weighted by Gasteiger charge is 2.34. The van der Waals surface area contributed by atoms with Gasteiger partial charge in [-0.05, 0) is 34.1 Å².